The third-order valence-electron chi connectivity index (χ3n) is 4.05. The highest BCUT2D eigenvalue weighted by Gasteiger charge is 2.24. The lowest BCUT2D eigenvalue weighted by Crippen LogP contribution is -2.11. The van der Waals surface area contributed by atoms with Crippen molar-refractivity contribution < 1.29 is 4.84 Å². The fourth-order valence-corrected chi connectivity index (χ4v) is 5.15. The molecule has 0 spiro atoms. The van der Waals surface area contributed by atoms with Gasteiger partial charge in [0.15, 0.2) is 0 Å². The fourth-order valence-electron chi connectivity index (χ4n) is 2.84. The molecule has 0 saturated heterocycles. The molecular weight excluding hydrogens is 364 g/mol. The highest BCUT2D eigenvalue weighted by atomic mass is 32.1. The van der Waals surface area contributed by atoms with Gasteiger partial charge in [0.2, 0.25) is 0 Å². The Morgan fingerprint density at radius 1 is 1.27 bits per heavy atom. The summed E-state index contributed by atoms with van der Waals surface area (Å²) in [6, 6.07) is 3.96. The number of nitrogens with zero attached hydrogens (tertiary/aromatic N) is 4. The molecule has 0 amide bonds. The number of thiazole rings is 2. The second-order valence-corrected chi connectivity index (χ2v) is 8.02. The standard InChI is InChI=1S/C19H18N4OS2/c1-3-10-24-23-14-7-4-8-15-16(14)22-19(25-15)17-12(2)21-18(26-17)13-6-5-9-20-11-13/h3,5-6,9,11H,1,4,7-8,10H2,2H3/b23-14+. The lowest BCUT2D eigenvalue weighted by atomic mass is 10.0. The van der Waals surface area contributed by atoms with Crippen LogP contribution in [-0.2, 0) is 11.3 Å². The highest BCUT2D eigenvalue weighted by molar-refractivity contribution is 7.23. The Morgan fingerprint density at radius 2 is 2.19 bits per heavy atom. The minimum atomic E-state index is 0.415. The Hall–Kier alpha value is -2.38. The van der Waals surface area contributed by atoms with Crippen LogP contribution in [-0.4, -0.2) is 27.3 Å². The van der Waals surface area contributed by atoms with Crippen LogP contribution in [0.3, 0.4) is 0 Å². The molecule has 0 N–H and O–H groups in total. The van der Waals surface area contributed by atoms with Crippen molar-refractivity contribution in [2.75, 3.05) is 6.61 Å². The molecule has 0 unspecified atom stereocenters. The summed E-state index contributed by atoms with van der Waals surface area (Å²) in [6.45, 7) is 6.10. The molecule has 3 aromatic rings. The molecule has 26 heavy (non-hydrogen) atoms. The first-order valence-electron chi connectivity index (χ1n) is 8.44. The lowest BCUT2D eigenvalue weighted by molar-refractivity contribution is 0.174. The summed E-state index contributed by atoms with van der Waals surface area (Å²) in [4.78, 5) is 21.5. The van der Waals surface area contributed by atoms with Gasteiger partial charge in [0.05, 0.1) is 10.6 Å². The lowest BCUT2D eigenvalue weighted by Gasteiger charge is -2.11. The predicted octanol–water partition coefficient (Wildman–Crippen LogP) is 4.88. The Morgan fingerprint density at radius 3 is 3.00 bits per heavy atom. The van der Waals surface area contributed by atoms with Crippen LogP contribution < -0.4 is 0 Å². The minimum Gasteiger partial charge on any atom is -0.391 e. The molecular formula is C19H18N4OS2. The van der Waals surface area contributed by atoms with Crippen LogP contribution in [0.4, 0.5) is 0 Å². The largest absolute Gasteiger partial charge is 0.391 e. The number of oxime groups is 1. The summed E-state index contributed by atoms with van der Waals surface area (Å²) in [5, 5.41) is 6.25. The number of fused-ring (bicyclic) bond motifs is 1. The van der Waals surface area contributed by atoms with Crippen molar-refractivity contribution in [2.24, 2.45) is 5.16 Å². The van der Waals surface area contributed by atoms with Crippen LogP contribution in [0.1, 0.15) is 29.1 Å². The maximum atomic E-state index is 5.30. The van der Waals surface area contributed by atoms with Gasteiger partial charge in [-0.2, -0.15) is 0 Å². The van der Waals surface area contributed by atoms with Gasteiger partial charge in [0.25, 0.3) is 0 Å². The third kappa shape index (κ3) is 3.32. The molecule has 0 aliphatic heterocycles. The van der Waals surface area contributed by atoms with E-state index < -0.39 is 0 Å². The molecule has 3 aromatic heterocycles. The second kappa shape index (κ2) is 7.47. The molecule has 3 heterocycles. The molecule has 4 rings (SSSR count). The van der Waals surface area contributed by atoms with Crippen LogP contribution in [0.25, 0.3) is 20.5 Å². The zero-order valence-corrected chi connectivity index (χ0v) is 16.1. The zero-order chi connectivity index (χ0) is 17.9. The van der Waals surface area contributed by atoms with Gasteiger partial charge in [-0.05, 0) is 38.3 Å². The smallest absolute Gasteiger partial charge is 0.136 e. The van der Waals surface area contributed by atoms with Gasteiger partial charge in [-0.3, -0.25) is 4.98 Å². The van der Waals surface area contributed by atoms with E-state index in [1.807, 2.05) is 25.3 Å². The number of aryl methyl sites for hydroxylation is 2. The van der Waals surface area contributed by atoms with Crippen LogP contribution in [0.2, 0.25) is 0 Å². The summed E-state index contributed by atoms with van der Waals surface area (Å²) in [5.41, 5.74) is 3.95. The molecule has 0 bridgehead atoms. The van der Waals surface area contributed by atoms with Crippen LogP contribution in [0.15, 0.2) is 42.3 Å². The fraction of sp³-hybridized carbons (Fsp3) is 0.263. The molecule has 0 atom stereocenters. The average Bonchev–Trinajstić information content (AvgIpc) is 3.26. The van der Waals surface area contributed by atoms with E-state index in [0.29, 0.717) is 6.61 Å². The van der Waals surface area contributed by atoms with Crippen LogP contribution in [0.5, 0.6) is 0 Å². The van der Waals surface area contributed by atoms with Crippen LogP contribution >= 0.6 is 22.7 Å². The number of rotatable bonds is 5. The summed E-state index contributed by atoms with van der Waals surface area (Å²) in [6.07, 6.45) is 8.33. The maximum absolute atomic E-state index is 5.30. The Bertz CT molecular complexity index is 959. The number of hydrogen-bond acceptors (Lipinski definition) is 7. The number of hydrogen-bond donors (Lipinski definition) is 0. The quantitative estimate of drug-likeness (QED) is 0.358. The van der Waals surface area contributed by atoms with Gasteiger partial charge < -0.3 is 4.84 Å². The van der Waals surface area contributed by atoms with Gasteiger partial charge in [-0.25, -0.2) is 9.97 Å². The van der Waals surface area contributed by atoms with E-state index in [0.717, 1.165) is 56.8 Å². The van der Waals surface area contributed by atoms with Gasteiger partial charge in [0.1, 0.15) is 28.0 Å². The summed E-state index contributed by atoms with van der Waals surface area (Å²) in [5.74, 6) is 0. The van der Waals surface area contributed by atoms with Gasteiger partial charge in [0, 0.05) is 22.8 Å². The summed E-state index contributed by atoms with van der Waals surface area (Å²) < 4.78 is 0. The van der Waals surface area contributed by atoms with Crippen LogP contribution in [0, 0.1) is 6.92 Å². The van der Waals surface area contributed by atoms with E-state index in [4.69, 9.17) is 14.8 Å². The number of pyridine rings is 1. The predicted molar refractivity (Wildman–Crippen MR) is 107 cm³/mol. The molecule has 5 nitrogen and oxygen atoms in total. The van der Waals surface area contributed by atoms with Crippen molar-refractivity contribution in [2.45, 2.75) is 26.2 Å². The van der Waals surface area contributed by atoms with Crippen molar-refractivity contribution in [1.29, 1.82) is 0 Å². The van der Waals surface area contributed by atoms with Crippen molar-refractivity contribution in [3.63, 3.8) is 0 Å². The topological polar surface area (TPSA) is 60.3 Å². The van der Waals surface area contributed by atoms with Crippen molar-refractivity contribution in [3.05, 3.63) is 53.4 Å². The zero-order valence-electron chi connectivity index (χ0n) is 14.4. The molecule has 0 aromatic carbocycles. The molecule has 0 saturated carbocycles. The van der Waals surface area contributed by atoms with E-state index in [9.17, 15) is 0 Å². The SMILES string of the molecule is C=CCO/N=C1\CCCc2sc(-c3sc(-c4cccnc4)nc3C)nc21. The Kier molecular flexibility index (Phi) is 4.90. The van der Waals surface area contributed by atoms with E-state index in [2.05, 4.69) is 16.7 Å². The maximum Gasteiger partial charge on any atom is 0.136 e. The molecule has 0 fully saturated rings. The van der Waals surface area contributed by atoms with Crippen molar-refractivity contribution in [1.82, 2.24) is 15.0 Å². The average molecular weight is 383 g/mol. The van der Waals surface area contributed by atoms with Crippen molar-refractivity contribution >= 4 is 28.4 Å². The molecule has 132 valence electrons. The first-order valence-corrected chi connectivity index (χ1v) is 10.1. The van der Waals surface area contributed by atoms with Gasteiger partial charge in [-0.1, -0.05) is 17.8 Å². The summed E-state index contributed by atoms with van der Waals surface area (Å²) >= 11 is 3.41. The molecule has 1 aliphatic carbocycles. The van der Waals surface area contributed by atoms with E-state index >= 15 is 0 Å². The molecule has 0 radical (unpaired) electrons. The first-order chi connectivity index (χ1) is 12.8. The summed E-state index contributed by atoms with van der Waals surface area (Å²) in [7, 11) is 0. The monoisotopic (exact) mass is 382 g/mol. The Labute approximate surface area is 160 Å². The molecule has 1 aliphatic rings. The van der Waals surface area contributed by atoms with E-state index in [1.165, 1.54) is 4.88 Å². The highest BCUT2D eigenvalue weighted by Crippen LogP contribution is 2.39. The number of aromatic nitrogens is 3. The third-order valence-corrected chi connectivity index (χ3v) is 6.53. The molecule has 7 heteroatoms. The first kappa shape index (κ1) is 17.1. The second-order valence-electron chi connectivity index (χ2n) is 5.94. The minimum absolute atomic E-state index is 0.415. The van der Waals surface area contributed by atoms with E-state index in [-0.39, 0.29) is 0 Å². The Balaban J connectivity index is 1.69. The normalized spacial score (nSPS) is 15.0. The van der Waals surface area contributed by atoms with E-state index in [1.54, 1.807) is 34.9 Å². The van der Waals surface area contributed by atoms with Crippen molar-refractivity contribution in [3.8, 4) is 20.5 Å². The van der Waals surface area contributed by atoms with Gasteiger partial charge in [-0.15, -0.1) is 22.7 Å². The van der Waals surface area contributed by atoms with Gasteiger partial charge >= 0.3 is 0 Å².